The average molecular weight is 282 g/mol. The highest BCUT2D eigenvalue weighted by Gasteiger charge is 2.12. The Bertz CT molecular complexity index is 349. The van der Waals surface area contributed by atoms with Gasteiger partial charge in [-0.3, -0.25) is 0 Å². The molecule has 0 bridgehead atoms. The number of hydrogen-bond acceptors (Lipinski definition) is 1. The molecule has 0 spiro atoms. The second-order valence-corrected chi connectivity index (χ2v) is 6.10. The molecular formula is C17H28ClN. The first-order valence-electron chi connectivity index (χ1n) is 7.62. The van der Waals surface area contributed by atoms with Crippen molar-refractivity contribution >= 4 is 11.6 Å². The van der Waals surface area contributed by atoms with Gasteiger partial charge in [-0.25, -0.2) is 0 Å². The molecule has 19 heavy (non-hydrogen) atoms. The summed E-state index contributed by atoms with van der Waals surface area (Å²) in [7, 11) is 0. The van der Waals surface area contributed by atoms with E-state index in [4.69, 9.17) is 11.6 Å². The second kappa shape index (κ2) is 9.39. The third-order valence-corrected chi connectivity index (χ3v) is 3.73. The Morgan fingerprint density at radius 1 is 1.16 bits per heavy atom. The van der Waals surface area contributed by atoms with Gasteiger partial charge in [-0.05, 0) is 30.0 Å². The van der Waals surface area contributed by atoms with E-state index in [0.29, 0.717) is 12.0 Å². The minimum absolute atomic E-state index is 0.539. The van der Waals surface area contributed by atoms with Gasteiger partial charge in [-0.15, -0.1) is 0 Å². The average Bonchev–Trinajstić information content (AvgIpc) is 2.37. The minimum Gasteiger partial charge on any atom is -0.314 e. The van der Waals surface area contributed by atoms with Crippen LogP contribution in [0.25, 0.3) is 0 Å². The van der Waals surface area contributed by atoms with Gasteiger partial charge in [-0.1, -0.05) is 70.2 Å². The predicted molar refractivity (Wildman–Crippen MR) is 86.1 cm³/mol. The Kier molecular flexibility index (Phi) is 8.16. The monoisotopic (exact) mass is 281 g/mol. The van der Waals surface area contributed by atoms with Crippen molar-refractivity contribution in [2.24, 2.45) is 0 Å². The highest BCUT2D eigenvalue weighted by Crippen LogP contribution is 2.24. The number of halogens is 1. The van der Waals surface area contributed by atoms with Crippen LogP contribution in [0.4, 0.5) is 0 Å². The lowest BCUT2D eigenvalue weighted by molar-refractivity contribution is 0.486. The van der Waals surface area contributed by atoms with E-state index in [2.05, 4.69) is 44.3 Å². The first-order chi connectivity index (χ1) is 9.13. The van der Waals surface area contributed by atoms with Gasteiger partial charge in [0.15, 0.2) is 0 Å². The van der Waals surface area contributed by atoms with Gasteiger partial charge in [0.25, 0.3) is 0 Å². The zero-order chi connectivity index (χ0) is 14.1. The van der Waals surface area contributed by atoms with Gasteiger partial charge >= 0.3 is 0 Å². The van der Waals surface area contributed by atoms with Gasteiger partial charge in [-0.2, -0.15) is 0 Å². The standard InChI is InChI=1S/C17H28ClN/c1-4-5-6-7-9-16(13-19-14(2)3)15-10-8-11-17(18)12-15/h8,10-12,14,16,19H,4-7,9,13H2,1-3H3. The van der Waals surface area contributed by atoms with Crippen molar-refractivity contribution in [2.75, 3.05) is 6.54 Å². The lowest BCUT2D eigenvalue weighted by atomic mass is 9.92. The van der Waals surface area contributed by atoms with Crippen LogP contribution < -0.4 is 5.32 Å². The van der Waals surface area contributed by atoms with Crippen molar-refractivity contribution in [1.82, 2.24) is 5.32 Å². The molecule has 0 radical (unpaired) electrons. The van der Waals surface area contributed by atoms with E-state index in [-0.39, 0.29) is 0 Å². The van der Waals surface area contributed by atoms with E-state index in [0.717, 1.165) is 11.6 Å². The number of unbranched alkanes of at least 4 members (excludes halogenated alkanes) is 3. The Morgan fingerprint density at radius 3 is 2.58 bits per heavy atom. The molecule has 0 saturated heterocycles. The van der Waals surface area contributed by atoms with Crippen LogP contribution in [0, 0.1) is 0 Å². The van der Waals surface area contributed by atoms with Crippen molar-refractivity contribution in [3.63, 3.8) is 0 Å². The van der Waals surface area contributed by atoms with E-state index in [1.54, 1.807) is 0 Å². The van der Waals surface area contributed by atoms with E-state index in [1.807, 2.05) is 6.07 Å². The van der Waals surface area contributed by atoms with Crippen LogP contribution in [0.3, 0.4) is 0 Å². The molecule has 1 rings (SSSR count). The molecule has 1 aromatic rings. The molecule has 0 aliphatic carbocycles. The summed E-state index contributed by atoms with van der Waals surface area (Å²) in [4.78, 5) is 0. The Labute approximate surface area is 123 Å². The summed E-state index contributed by atoms with van der Waals surface area (Å²) in [6.07, 6.45) is 6.55. The number of nitrogens with one attached hydrogen (secondary N) is 1. The highest BCUT2D eigenvalue weighted by atomic mass is 35.5. The maximum atomic E-state index is 6.11. The SMILES string of the molecule is CCCCCCC(CNC(C)C)c1cccc(Cl)c1. The highest BCUT2D eigenvalue weighted by molar-refractivity contribution is 6.30. The fraction of sp³-hybridized carbons (Fsp3) is 0.647. The normalized spacial score (nSPS) is 12.9. The van der Waals surface area contributed by atoms with E-state index in [9.17, 15) is 0 Å². The van der Waals surface area contributed by atoms with Gasteiger partial charge in [0.2, 0.25) is 0 Å². The molecule has 2 heteroatoms. The molecule has 0 fully saturated rings. The van der Waals surface area contributed by atoms with Crippen molar-refractivity contribution in [3.05, 3.63) is 34.9 Å². The van der Waals surface area contributed by atoms with Crippen LogP contribution >= 0.6 is 11.6 Å². The first kappa shape index (κ1) is 16.5. The molecule has 0 aromatic heterocycles. The van der Waals surface area contributed by atoms with Crippen molar-refractivity contribution in [3.8, 4) is 0 Å². The first-order valence-corrected chi connectivity index (χ1v) is 8.00. The molecule has 0 aliphatic rings. The lowest BCUT2D eigenvalue weighted by Crippen LogP contribution is -2.28. The van der Waals surface area contributed by atoms with E-state index < -0.39 is 0 Å². The molecule has 0 saturated carbocycles. The van der Waals surface area contributed by atoms with Crippen molar-refractivity contribution < 1.29 is 0 Å². The quantitative estimate of drug-likeness (QED) is 0.598. The predicted octanol–water partition coefficient (Wildman–Crippen LogP) is 5.39. The zero-order valence-electron chi connectivity index (χ0n) is 12.6. The Hall–Kier alpha value is -0.530. The van der Waals surface area contributed by atoms with Crippen LogP contribution in [0.5, 0.6) is 0 Å². The number of benzene rings is 1. The van der Waals surface area contributed by atoms with Crippen LogP contribution in [0.15, 0.2) is 24.3 Å². The Morgan fingerprint density at radius 2 is 1.95 bits per heavy atom. The lowest BCUT2D eigenvalue weighted by Gasteiger charge is -2.20. The molecule has 1 atom stereocenters. The zero-order valence-corrected chi connectivity index (χ0v) is 13.3. The molecule has 0 amide bonds. The largest absolute Gasteiger partial charge is 0.314 e. The van der Waals surface area contributed by atoms with Crippen LogP contribution in [0.2, 0.25) is 5.02 Å². The number of hydrogen-bond donors (Lipinski definition) is 1. The van der Waals surface area contributed by atoms with Gasteiger partial charge in [0.1, 0.15) is 0 Å². The summed E-state index contributed by atoms with van der Waals surface area (Å²) in [6, 6.07) is 8.88. The summed E-state index contributed by atoms with van der Waals surface area (Å²) in [5, 5.41) is 4.41. The second-order valence-electron chi connectivity index (χ2n) is 5.66. The smallest absolute Gasteiger partial charge is 0.0408 e. The summed E-state index contributed by atoms with van der Waals surface area (Å²) in [5.74, 6) is 0.581. The summed E-state index contributed by atoms with van der Waals surface area (Å²) < 4.78 is 0. The van der Waals surface area contributed by atoms with Gasteiger partial charge in [0.05, 0.1) is 0 Å². The van der Waals surface area contributed by atoms with Crippen LogP contribution in [-0.4, -0.2) is 12.6 Å². The third kappa shape index (κ3) is 6.98. The summed E-state index contributed by atoms with van der Waals surface area (Å²) in [5.41, 5.74) is 1.37. The van der Waals surface area contributed by atoms with Crippen molar-refractivity contribution in [2.45, 2.75) is 64.8 Å². The molecule has 1 nitrogen and oxygen atoms in total. The number of rotatable bonds is 9. The summed E-state index contributed by atoms with van der Waals surface area (Å²) >= 11 is 6.11. The van der Waals surface area contributed by atoms with Gasteiger partial charge in [0, 0.05) is 17.6 Å². The van der Waals surface area contributed by atoms with Crippen LogP contribution in [0.1, 0.15) is 64.4 Å². The fourth-order valence-electron chi connectivity index (χ4n) is 2.34. The molecule has 0 aliphatic heterocycles. The molecule has 1 unspecified atom stereocenters. The van der Waals surface area contributed by atoms with Gasteiger partial charge < -0.3 is 5.32 Å². The molecular weight excluding hydrogens is 254 g/mol. The Balaban J connectivity index is 2.57. The molecule has 108 valence electrons. The molecule has 0 heterocycles. The minimum atomic E-state index is 0.539. The maximum Gasteiger partial charge on any atom is 0.0408 e. The van der Waals surface area contributed by atoms with Crippen LogP contribution in [-0.2, 0) is 0 Å². The van der Waals surface area contributed by atoms with E-state index >= 15 is 0 Å². The maximum absolute atomic E-state index is 6.11. The van der Waals surface area contributed by atoms with E-state index in [1.165, 1.54) is 37.7 Å². The molecule has 1 N–H and O–H groups in total. The topological polar surface area (TPSA) is 12.0 Å². The third-order valence-electron chi connectivity index (χ3n) is 3.50. The molecule has 1 aromatic carbocycles. The summed E-state index contributed by atoms with van der Waals surface area (Å²) in [6.45, 7) is 7.71. The van der Waals surface area contributed by atoms with Crippen molar-refractivity contribution in [1.29, 1.82) is 0 Å². The fourth-order valence-corrected chi connectivity index (χ4v) is 2.54.